The third-order valence-electron chi connectivity index (χ3n) is 5.01. The maximum atomic E-state index is 12.1. The smallest absolute Gasteiger partial charge is 0.230 e. The number of likely N-dealkylation sites (N-methyl/N-ethyl adjacent to an activating group) is 1. The Kier molecular flexibility index (Phi) is 8.22. The number of amides is 1. The standard InChI is InChI=1S/C22H28ClN3OS/c1-2-25-11-13-26(14-12-25)16-19-5-3-18(4-6-19)15-24-22(27)17-28-21-9-7-20(23)8-10-21/h3-10H,2,11-17H2,1H3,(H,24,27). The third kappa shape index (κ3) is 6.82. The maximum absolute atomic E-state index is 12.1. The molecule has 1 aliphatic rings. The minimum Gasteiger partial charge on any atom is -0.351 e. The van der Waals surface area contributed by atoms with E-state index in [-0.39, 0.29) is 5.91 Å². The highest BCUT2D eigenvalue weighted by molar-refractivity contribution is 8.00. The van der Waals surface area contributed by atoms with Crippen LogP contribution in [0.5, 0.6) is 0 Å². The molecule has 3 rings (SSSR count). The summed E-state index contributed by atoms with van der Waals surface area (Å²) >= 11 is 7.39. The Hall–Kier alpha value is -1.53. The molecule has 1 fully saturated rings. The Morgan fingerprint density at radius 3 is 2.21 bits per heavy atom. The normalized spacial score (nSPS) is 15.5. The van der Waals surface area contributed by atoms with Gasteiger partial charge in [0.05, 0.1) is 5.75 Å². The quantitative estimate of drug-likeness (QED) is 0.661. The number of hydrogen-bond donors (Lipinski definition) is 1. The van der Waals surface area contributed by atoms with E-state index >= 15 is 0 Å². The van der Waals surface area contributed by atoms with Crippen LogP contribution in [-0.4, -0.2) is 54.2 Å². The summed E-state index contributed by atoms with van der Waals surface area (Å²) in [6.45, 7) is 9.53. The number of thioether (sulfide) groups is 1. The monoisotopic (exact) mass is 417 g/mol. The Bertz CT molecular complexity index is 743. The van der Waals surface area contributed by atoms with Crippen LogP contribution in [0.25, 0.3) is 0 Å². The molecule has 2 aromatic rings. The van der Waals surface area contributed by atoms with Gasteiger partial charge in [-0.15, -0.1) is 11.8 Å². The van der Waals surface area contributed by atoms with Gasteiger partial charge in [-0.3, -0.25) is 9.69 Å². The second-order valence-electron chi connectivity index (χ2n) is 7.05. The SMILES string of the molecule is CCN1CCN(Cc2ccc(CNC(=O)CSc3ccc(Cl)cc3)cc2)CC1. The zero-order valence-corrected chi connectivity index (χ0v) is 17.9. The van der Waals surface area contributed by atoms with Crippen molar-refractivity contribution in [2.45, 2.75) is 24.9 Å². The largest absolute Gasteiger partial charge is 0.351 e. The van der Waals surface area contributed by atoms with Crippen molar-refractivity contribution in [3.05, 3.63) is 64.7 Å². The predicted molar refractivity (Wildman–Crippen MR) is 118 cm³/mol. The second-order valence-corrected chi connectivity index (χ2v) is 8.53. The summed E-state index contributed by atoms with van der Waals surface area (Å²) in [6, 6.07) is 16.1. The number of rotatable bonds is 8. The van der Waals surface area contributed by atoms with Crippen molar-refractivity contribution in [1.82, 2.24) is 15.1 Å². The van der Waals surface area contributed by atoms with Gasteiger partial charge in [0, 0.05) is 49.2 Å². The molecule has 6 heteroatoms. The van der Waals surface area contributed by atoms with Crippen molar-refractivity contribution >= 4 is 29.3 Å². The fraction of sp³-hybridized carbons (Fsp3) is 0.409. The number of carbonyl (C=O) groups is 1. The molecule has 0 atom stereocenters. The van der Waals surface area contributed by atoms with Crippen molar-refractivity contribution in [3.63, 3.8) is 0 Å². The molecule has 0 radical (unpaired) electrons. The van der Waals surface area contributed by atoms with Crippen LogP contribution in [0.2, 0.25) is 5.02 Å². The fourth-order valence-corrected chi connectivity index (χ4v) is 4.07. The summed E-state index contributed by atoms with van der Waals surface area (Å²) < 4.78 is 0. The first-order chi connectivity index (χ1) is 13.6. The summed E-state index contributed by atoms with van der Waals surface area (Å²) in [5.74, 6) is 0.446. The summed E-state index contributed by atoms with van der Waals surface area (Å²) in [4.78, 5) is 18.1. The van der Waals surface area contributed by atoms with Gasteiger partial charge in [-0.25, -0.2) is 0 Å². The molecule has 0 aromatic heterocycles. The molecule has 0 spiro atoms. The zero-order chi connectivity index (χ0) is 19.8. The van der Waals surface area contributed by atoms with Gasteiger partial charge in [0.2, 0.25) is 5.91 Å². The van der Waals surface area contributed by atoms with E-state index in [1.54, 1.807) is 0 Å². The van der Waals surface area contributed by atoms with Crippen LogP contribution < -0.4 is 5.32 Å². The topological polar surface area (TPSA) is 35.6 Å². The highest BCUT2D eigenvalue weighted by Crippen LogP contribution is 2.20. The van der Waals surface area contributed by atoms with Gasteiger partial charge in [-0.05, 0) is 41.9 Å². The van der Waals surface area contributed by atoms with Crippen LogP contribution in [0.3, 0.4) is 0 Å². The molecule has 1 saturated heterocycles. The summed E-state index contributed by atoms with van der Waals surface area (Å²) in [5.41, 5.74) is 2.46. The van der Waals surface area contributed by atoms with E-state index in [0.717, 1.165) is 49.7 Å². The van der Waals surface area contributed by atoms with Crippen molar-refractivity contribution in [1.29, 1.82) is 0 Å². The van der Waals surface area contributed by atoms with E-state index < -0.39 is 0 Å². The number of benzene rings is 2. The van der Waals surface area contributed by atoms with Gasteiger partial charge < -0.3 is 10.2 Å². The van der Waals surface area contributed by atoms with Gasteiger partial charge in [-0.1, -0.05) is 42.8 Å². The lowest BCUT2D eigenvalue weighted by molar-refractivity contribution is -0.118. The van der Waals surface area contributed by atoms with Crippen molar-refractivity contribution in [2.75, 3.05) is 38.5 Å². The first-order valence-corrected chi connectivity index (χ1v) is 11.2. The first kappa shape index (κ1) is 21.2. The number of halogens is 1. The lowest BCUT2D eigenvalue weighted by Gasteiger charge is -2.34. The zero-order valence-electron chi connectivity index (χ0n) is 16.4. The molecular weight excluding hydrogens is 390 g/mol. The number of nitrogens with zero attached hydrogens (tertiary/aromatic N) is 2. The molecule has 1 amide bonds. The molecule has 28 heavy (non-hydrogen) atoms. The molecule has 0 saturated carbocycles. The van der Waals surface area contributed by atoms with E-state index in [4.69, 9.17) is 11.6 Å². The fourth-order valence-electron chi connectivity index (χ4n) is 3.22. The highest BCUT2D eigenvalue weighted by atomic mass is 35.5. The van der Waals surface area contributed by atoms with Gasteiger partial charge in [0.15, 0.2) is 0 Å². The lowest BCUT2D eigenvalue weighted by Crippen LogP contribution is -2.45. The first-order valence-electron chi connectivity index (χ1n) is 9.80. The average Bonchev–Trinajstić information content (AvgIpc) is 2.73. The van der Waals surface area contributed by atoms with Crippen molar-refractivity contribution in [3.8, 4) is 0 Å². The number of carbonyl (C=O) groups excluding carboxylic acids is 1. The number of piperazine rings is 1. The lowest BCUT2D eigenvalue weighted by atomic mass is 10.1. The second kappa shape index (κ2) is 10.9. The predicted octanol–water partition coefficient (Wildman–Crippen LogP) is 3.89. The maximum Gasteiger partial charge on any atom is 0.230 e. The van der Waals surface area contributed by atoms with E-state index in [9.17, 15) is 4.79 Å². The van der Waals surface area contributed by atoms with Crippen LogP contribution in [0.1, 0.15) is 18.1 Å². The third-order valence-corrected chi connectivity index (χ3v) is 6.28. The minimum atomic E-state index is 0.0396. The van der Waals surface area contributed by atoms with E-state index in [0.29, 0.717) is 17.3 Å². The van der Waals surface area contributed by atoms with Gasteiger partial charge >= 0.3 is 0 Å². The molecule has 0 aliphatic carbocycles. The van der Waals surface area contributed by atoms with Crippen molar-refractivity contribution in [2.24, 2.45) is 0 Å². The summed E-state index contributed by atoms with van der Waals surface area (Å²) in [6.07, 6.45) is 0. The minimum absolute atomic E-state index is 0.0396. The highest BCUT2D eigenvalue weighted by Gasteiger charge is 2.15. The van der Waals surface area contributed by atoms with E-state index in [1.807, 2.05) is 24.3 Å². The van der Waals surface area contributed by atoms with Gasteiger partial charge in [0.25, 0.3) is 0 Å². The molecule has 0 unspecified atom stereocenters. The van der Waals surface area contributed by atoms with Crippen LogP contribution in [-0.2, 0) is 17.9 Å². The van der Waals surface area contributed by atoms with Crippen LogP contribution in [0.15, 0.2) is 53.4 Å². The van der Waals surface area contributed by atoms with Gasteiger partial charge in [0.1, 0.15) is 0 Å². The molecule has 1 aliphatic heterocycles. The molecule has 1 N–H and O–H groups in total. The molecule has 150 valence electrons. The summed E-state index contributed by atoms with van der Waals surface area (Å²) in [7, 11) is 0. The van der Waals surface area contributed by atoms with Crippen LogP contribution in [0, 0.1) is 0 Å². The van der Waals surface area contributed by atoms with Gasteiger partial charge in [-0.2, -0.15) is 0 Å². The molecule has 0 bridgehead atoms. The Labute approximate surface area is 177 Å². The molecule has 2 aromatic carbocycles. The number of hydrogen-bond acceptors (Lipinski definition) is 4. The van der Waals surface area contributed by atoms with Crippen LogP contribution >= 0.6 is 23.4 Å². The Balaban J connectivity index is 1.38. The van der Waals surface area contributed by atoms with E-state index in [2.05, 4.69) is 46.3 Å². The molecule has 1 heterocycles. The average molecular weight is 418 g/mol. The van der Waals surface area contributed by atoms with Crippen LogP contribution in [0.4, 0.5) is 0 Å². The molecular formula is C22H28ClN3OS. The number of nitrogens with one attached hydrogen (secondary N) is 1. The molecule has 4 nitrogen and oxygen atoms in total. The van der Waals surface area contributed by atoms with Crippen molar-refractivity contribution < 1.29 is 4.79 Å². The van der Waals surface area contributed by atoms with E-state index in [1.165, 1.54) is 17.3 Å². The Morgan fingerprint density at radius 1 is 0.964 bits per heavy atom. The Morgan fingerprint density at radius 2 is 1.57 bits per heavy atom. The summed E-state index contributed by atoms with van der Waals surface area (Å²) in [5, 5.41) is 3.70.